The topological polar surface area (TPSA) is 81.7 Å². The Morgan fingerprint density at radius 1 is 1.08 bits per heavy atom. The van der Waals surface area contributed by atoms with Gasteiger partial charge in [0.05, 0.1) is 4.90 Å². The van der Waals surface area contributed by atoms with Gasteiger partial charge in [-0.05, 0) is 30.2 Å². The summed E-state index contributed by atoms with van der Waals surface area (Å²) in [5, 5.41) is 0.546. The molecule has 0 radical (unpaired) electrons. The van der Waals surface area contributed by atoms with E-state index >= 15 is 0 Å². The normalized spacial score (nSPS) is 13.3. The fraction of sp³-hybridized carbons (Fsp3) is 0.235. The molecule has 2 aromatic carbocycles. The molecule has 0 bridgehead atoms. The summed E-state index contributed by atoms with van der Waals surface area (Å²) >= 11 is 6.03. The zero-order valence-electron chi connectivity index (χ0n) is 13.2. The van der Waals surface area contributed by atoms with Gasteiger partial charge in [0.25, 0.3) is 10.0 Å². The number of nitrogens with one attached hydrogen (secondary N) is 1. The first-order valence-electron chi connectivity index (χ1n) is 7.64. The molecule has 1 N–H and O–H groups in total. The van der Waals surface area contributed by atoms with Gasteiger partial charge >= 0.3 is 0 Å². The number of hydrogen-bond acceptors (Lipinski definition) is 5. The number of fused-ring (bicyclic) bond motifs is 1. The molecule has 0 atom stereocenters. The molecule has 2 aromatic rings. The Hall–Kier alpha value is -2.25. The van der Waals surface area contributed by atoms with Crippen molar-refractivity contribution in [1.82, 2.24) is 4.72 Å². The maximum absolute atomic E-state index is 12.4. The monoisotopic (exact) mass is 381 g/mol. The molecule has 0 spiro atoms. The van der Waals surface area contributed by atoms with Gasteiger partial charge in [-0.15, -0.1) is 0 Å². The lowest BCUT2D eigenvalue weighted by Gasteiger charge is -2.18. The maximum Gasteiger partial charge on any atom is 0.264 e. The molecule has 0 aromatic heterocycles. The molecular formula is C17H16ClNO5S. The molecule has 3 rings (SSSR count). The summed E-state index contributed by atoms with van der Waals surface area (Å²) in [6.45, 7) is 0.762. The van der Waals surface area contributed by atoms with E-state index in [-0.39, 0.29) is 11.3 Å². The Labute approximate surface area is 150 Å². The van der Waals surface area contributed by atoms with Crippen LogP contribution in [0.2, 0.25) is 5.02 Å². The molecule has 0 aliphatic carbocycles. The van der Waals surface area contributed by atoms with Crippen LogP contribution in [0.25, 0.3) is 0 Å². The first kappa shape index (κ1) is 17.6. The summed E-state index contributed by atoms with van der Waals surface area (Å²) in [4.78, 5) is 12.0. The Kier molecular flexibility index (Phi) is 5.15. The summed E-state index contributed by atoms with van der Waals surface area (Å²) in [5.41, 5.74) is 0.788. The fourth-order valence-corrected chi connectivity index (χ4v) is 3.66. The predicted octanol–water partition coefficient (Wildman–Crippen LogP) is 2.55. The highest BCUT2D eigenvalue weighted by atomic mass is 35.5. The van der Waals surface area contributed by atoms with Crippen LogP contribution in [0.5, 0.6) is 11.5 Å². The van der Waals surface area contributed by atoms with Gasteiger partial charge in [0.15, 0.2) is 11.5 Å². The van der Waals surface area contributed by atoms with Crippen LogP contribution >= 0.6 is 11.6 Å². The molecule has 1 aliphatic rings. The maximum atomic E-state index is 12.4. The molecular weight excluding hydrogens is 366 g/mol. The van der Waals surface area contributed by atoms with Gasteiger partial charge in [-0.1, -0.05) is 29.8 Å². The van der Waals surface area contributed by atoms with Crippen LogP contribution < -0.4 is 14.2 Å². The highest BCUT2D eigenvalue weighted by Gasteiger charge is 2.21. The summed E-state index contributed by atoms with van der Waals surface area (Å²) < 4.78 is 37.5. The van der Waals surface area contributed by atoms with E-state index in [9.17, 15) is 13.2 Å². The van der Waals surface area contributed by atoms with Crippen molar-refractivity contribution in [1.29, 1.82) is 0 Å². The van der Waals surface area contributed by atoms with Crippen molar-refractivity contribution in [3.63, 3.8) is 0 Å². The first-order chi connectivity index (χ1) is 12.0. The molecule has 1 heterocycles. The number of halogens is 1. The SMILES string of the molecule is O=C(CCc1ccccc1Cl)NS(=O)(=O)c1ccc2c(c1)OCCO2. The Balaban J connectivity index is 1.66. The summed E-state index contributed by atoms with van der Waals surface area (Å²) in [6, 6.07) is 11.3. The molecule has 132 valence electrons. The van der Waals surface area contributed by atoms with Gasteiger partial charge in [-0.2, -0.15) is 0 Å². The van der Waals surface area contributed by atoms with E-state index in [0.717, 1.165) is 5.56 Å². The van der Waals surface area contributed by atoms with E-state index in [0.29, 0.717) is 36.2 Å². The molecule has 1 amide bonds. The Bertz CT molecular complexity index is 898. The highest BCUT2D eigenvalue weighted by molar-refractivity contribution is 7.90. The third kappa shape index (κ3) is 4.24. The van der Waals surface area contributed by atoms with E-state index in [1.54, 1.807) is 18.2 Å². The molecule has 25 heavy (non-hydrogen) atoms. The van der Waals surface area contributed by atoms with Crippen molar-refractivity contribution in [3.8, 4) is 11.5 Å². The number of amides is 1. The molecule has 8 heteroatoms. The van der Waals surface area contributed by atoms with E-state index < -0.39 is 15.9 Å². The second-order valence-electron chi connectivity index (χ2n) is 5.43. The van der Waals surface area contributed by atoms with Crippen LogP contribution in [0.3, 0.4) is 0 Å². The van der Waals surface area contributed by atoms with E-state index in [2.05, 4.69) is 4.72 Å². The number of carbonyl (C=O) groups is 1. The van der Waals surface area contributed by atoms with Crippen LogP contribution in [0, 0.1) is 0 Å². The third-order valence-corrected chi connectivity index (χ3v) is 5.39. The van der Waals surface area contributed by atoms with Crippen LogP contribution in [0.4, 0.5) is 0 Å². The lowest BCUT2D eigenvalue weighted by molar-refractivity contribution is -0.119. The van der Waals surface area contributed by atoms with Crippen molar-refractivity contribution in [2.75, 3.05) is 13.2 Å². The van der Waals surface area contributed by atoms with Crippen LogP contribution in [0.15, 0.2) is 47.4 Å². The highest BCUT2D eigenvalue weighted by Crippen LogP contribution is 2.32. The van der Waals surface area contributed by atoms with Crippen molar-refractivity contribution >= 4 is 27.5 Å². The number of rotatable bonds is 5. The molecule has 0 saturated heterocycles. The molecule has 0 fully saturated rings. The summed E-state index contributed by atoms with van der Waals surface area (Å²) in [5.74, 6) is 0.225. The van der Waals surface area contributed by atoms with Crippen LogP contribution in [0.1, 0.15) is 12.0 Å². The molecule has 1 aliphatic heterocycles. The number of hydrogen-bond donors (Lipinski definition) is 1. The van der Waals surface area contributed by atoms with Gasteiger partial charge in [0.2, 0.25) is 5.91 Å². The van der Waals surface area contributed by atoms with Gasteiger partial charge in [-0.3, -0.25) is 4.79 Å². The van der Waals surface area contributed by atoms with E-state index in [1.165, 1.54) is 18.2 Å². The van der Waals surface area contributed by atoms with Crippen molar-refractivity contribution in [2.45, 2.75) is 17.7 Å². The van der Waals surface area contributed by atoms with Crippen molar-refractivity contribution < 1.29 is 22.7 Å². The number of ether oxygens (including phenoxy) is 2. The number of carbonyl (C=O) groups excluding carboxylic acids is 1. The molecule has 0 unspecified atom stereocenters. The van der Waals surface area contributed by atoms with E-state index in [1.807, 2.05) is 6.07 Å². The predicted molar refractivity (Wildman–Crippen MR) is 92.5 cm³/mol. The van der Waals surface area contributed by atoms with Crippen LogP contribution in [-0.2, 0) is 21.2 Å². The van der Waals surface area contributed by atoms with Crippen LogP contribution in [-0.4, -0.2) is 27.5 Å². The summed E-state index contributed by atoms with van der Waals surface area (Å²) in [6.07, 6.45) is 0.357. The van der Waals surface area contributed by atoms with E-state index in [4.69, 9.17) is 21.1 Å². The third-order valence-electron chi connectivity index (χ3n) is 3.65. The summed E-state index contributed by atoms with van der Waals surface area (Å²) in [7, 11) is -3.98. The average molecular weight is 382 g/mol. The Morgan fingerprint density at radius 3 is 2.56 bits per heavy atom. The average Bonchev–Trinajstić information content (AvgIpc) is 2.60. The molecule has 0 saturated carbocycles. The second-order valence-corrected chi connectivity index (χ2v) is 7.52. The first-order valence-corrected chi connectivity index (χ1v) is 9.50. The van der Waals surface area contributed by atoms with Crippen molar-refractivity contribution in [2.24, 2.45) is 0 Å². The van der Waals surface area contributed by atoms with Gasteiger partial charge in [-0.25, -0.2) is 13.1 Å². The number of sulfonamides is 1. The fourth-order valence-electron chi connectivity index (χ4n) is 2.40. The minimum Gasteiger partial charge on any atom is -0.486 e. The minimum atomic E-state index is -3.98. The second kappa shape index (κ2) is 7.33. The lowest BCUT2D eigenvalue weighted by Crippen LogP contribution is -2.30. The molecule has 6 nitrogen and oxygen atoms in total. The lowest BCUT2D eigenvalue weighted by atomic mass is 10.1. The van der Waals surface area contributed by atoms with Gasteiger partial charge in [0.1, 0.15) is 13.2 Å². The van der Waals surface area contributed by atoms with Crippen molar-refractivity contribution in [3.05, 3.63) is 53.1 Å². The Morgan fingerprint density at radius 2 is 1.80 bits per heavy atom. The largest absolute Gasteiger partial charge is 0.486 e. The van der Waals surface area contributed by atoms with Gasteiger partial charge < -0.3 is 9.47 Å². The minimum absolute atomic E-state index is 0.00746. The smallest absolute Gasteiger partial charge is 0.264 e. The zero-order valence-corrected chi connectivity index (χ0v) is 14.8. The number of benzene rings is 2. The zero-order chi connectivity index (χ0) is 17.9. The van der Waals surface area contributed by atoms with Gasteiger partial charge in [0, 0.05) is 17.5 Å². The quantitative estimate of drug-likeness (QED) is 0.860. The number of aryl methyl sites for hydroxylation is 1. The standard InChI is InChI=1S/C17H16ClNO5S/c18-14-4-2-1-3-12(14)5-8-17(20)19-25(21,22)13-6-7-15-16(11-13)24-10-9-23-15/h1-4,6-7,11H,5,8-10H2,(H,19,20).